The van der Waals surface area contributed by atoms with Crippen LogP contribution in [0.2, 0.25) is 0 Å². The van der Waals surface area contributed by atoms with Crippen molar-refractivity contribution in [3.63, 3.8) is 0 Å². The van der Waals surface area contributed by atoms with Crippen LogP contribution in [0.25, 0.3) is 0 Å². The van der Waals surface area contributed by atoms with Crippen LogP contribution in [-0.4, -0.2) is 70.7 Å². The first-order valence-corrected chi connectivity index (χ1v) is 10.8. The number of hydrogen-bond acceptors (Lipinski definition) is 10. The minimum absolute atomic E-state index is 0.0617. The summed E-state index contributed by atoms with van der Waals surface area (Å²) in [7, 11) is 0. The van der Waals surface area contributed by atoms with E-state index in [1.165, 1.54) is 6.92 Å². The predicted molar refractivity (Wildman–Crippen MR) is 108 cm³/mol. The van der Waals surface area contributed by atoms with E-state index in [-0.39, 0.29) is 30.3 Å². The van der Waals surface area contributed by atoms with Crippen LogP contribution in [0, 0.1) is 17.8 Å². The van der Waals surface area contributed by atoms with Gasteiger partial charge in [-0.2, -0.15) is 0 Å². The number of carbonyl (C=O) groups excluding carboxylic acids is 3. The van der Waals surface area contributed by atoms with Gasteiger partial charge in [-0.15, -0.1) is 0 Å². The third-order valence-electron chi connectivity index (χ3n) is 6.22. The Labute approximate surface area is 186 Å². The van der Waals surface area contributed by atoms with Gasteiger partial charge in [0.05, 0.1) is 5.92 Å². The first-order chi connectivity index (χ1) is 14.8. The lowest BCUT2D eigenvalue weighted by atomic mass is 9.73. The summed E-state index contributed by atoms with van der Waals surface area (Å²) in [6.45, 7) is 11.7. The molecule has 10 nitrogen and oxygen atoms in total. The summed E-state index contributed by atoms with van der Waals surface area (Å²) in [5.74, 6) is -3.35. The highest BCUT2D eigenvalue weighted by Crippen LogP contribution is 2.60. The molecule has 10 heteroatoms. The molecule has 180 valence electrons. The standard InChI is InChI=1S/C22H32O10/c1-10(2)7-15(24)30-16(11(3)4)18(25)28-9-22-14(29-13(6)23)8-21(27)12(5)20(32-22)31-19(26)17(21)22/h10-11,14,16-17,19-20,26-27H,5,7-9H2,1-4,6H3/t14-,16-,17-,19+,20-,21-,22+/m0/s1. The van der Waals surface area contributed by atoms with E-state index < -0.39 is 66.4 Å². The first-order valence-electron chi connectivity index (χ1n) is 10.8. The van der Waals surface area contributed by atoms with Crippen molar-refractivity contribution in [2.75, 3.05) is 6.61 Å². The molecule has 0 amide bonds. The molecule has 0 aromatic heterocycles. The van der Waals surface area contributed by atoms with Crippen LogP contribution in [-0.2, 0) is 38.1 Å². The fraction of sp³-hybridized carbons (Fsp3) is 0.773. The van der Waals surface area contributed by atoms with Crippen molar-refractivity contribution in [2.24, 2.45) is 17.8 Å². The molecule has 32 heavy (non-hydrogen) atoms. The summed E-state index contributed by atoms with van der Waals surface area (Å²) in [6.07, 6.45) is -4.73. The Balaban J connectivity index is 1.82. The maximum absolute atomic E-state index is 12.8. The van der Waals surface area contributed by atoms with Crippen LogP contribution in [0.4, 0.5) is 0 Å². The van der Waals surface area contributed by atoms with Crippen molar-refractivity contribution in [1.82, 2.24) is 0 Å². The molecule has 0 aromatic rings. The van der Waals surface area contributed by atoms with Crippen LogP contribution in [0.5, 0.6) is 0 Å². The van der Waals surface area contributed by atoms with Gasteiger partial charge in [0.15, 0.2) is 18.2 Å². The molecule has 4 aliphatic rings. The van der Waals surface area contributed by atoms with Crippen LogP contribution in [0.1, 0.15) is 47.5 Å². The highest BCUT2D eigenvalue weighted by molar-refractivity contribution is 5.79. The Morgan fingerprint density at radius 1 is 1.25 bits per heavy atom. The Bertz CT molecular complexity index is 792. The van der Waals surface area contributed by atoms with E-state index in [1.807, 2.05) is 13.8 Å². The summed E-state index contributed by atoms with van der Waals surface area (Å²) in [4.78, 5) is 36.7. The topological polar surface area (TPSA) is 138 Å². The van der Waals surface area contributed by atoms with Gasteiger partial charge in [0.25, 0.3) is 0 Å². The largest absolute Gasteiger partial charge is 0.460 e. The normalized spacial score (nSPS) is 36.3. The van der Waals surface area contributed by atoms with Gasteiger partial charge in [0.2, 0.25) is 6.10 Å². The Morgan fingerprint density at radius 2 is 1.91 bits per heavy atom. The summed E-state index contributed by atoms with van der Waals surface area (Å²) in [6, 6.07) is 0. The zero-order valence-corrected chi connectivity index (χ0v) is 19.0. The van der Waals surface area contributed by atoms with Gasteiger partial charge in [-0.1, -0.05) is 34.3 Å². The molecule has 0 unspecified atom stereocenters. The van der Waals surface area contributed by atoms with Crippen molar-refractivity contribution in [3.05, 3.63) is 12.2 Å². The van der Waals surface area contributed by atoms with Crippen molar-refractivity contribution >= 4 is 17.9 Å². The quantitative estimate of drug-likeness (QED) is 0.307. The molecule has 4 fully saturated rings. The maximum atomic E-state index is 12.8. The lowest BCUT2D eigenvalue weighted by molar-refractivity contribution is -0.390. The van der Waals surface area contributed by atoms with Gasteiger partial charge in [-0.25, -0.2) is 4.79 Å². The monoisotopic (exact) mass is 456 g/mol. The molecule has 3 heterocycles. The number of esters is 3. The van der Waals surface area contributed by atoms with Gasteiger partial charge in [0, 0.05) is 31.3 Å². The van der Waals surface area contributed by atoms with E-state index in [4.69, 9.17) is 23.7 Å². The fourth-order valence-corrected chi connectivity index (χ4v) is 4.74. The number of fused-ring (bicyclic) bond motifs is 1. The molecule has 1 saturated carbocycles. The molecule has 1 aliphatic carbocycles. The molecule has 0 aromatic carbocycles. The summed E-state index contributed by atoms with van der Waals surface area (Å²) in [5.41, 5.74) is -2.98. The van der Waals surface area contributed by atoms with Gasteiger partial charge in [-0.3, -0.25) is 9.59 Å². The minimum Gasteiger partial charge on any atom is -0.460 e. The molecular weight excluding hydrogens is 424 g/mol. The zero-order valence-electron chi connectivity index (χ0n) is 19.0. The van der Waals surface area contributed by atoms with Crippen molar-refractivity contribution < 1.29 is 48.3 Å². The summed E-state index contributed by atoms with van der Waals surface area (Å²) in [5, 5.41) is 21.7. The third-order valence-corrected chi connectivity index (χ3v) is 6.22. The van der Waals surface area contributed by atoms with Gasteiger partial charge in [0.1, 0.15) is 18.3 Å². The molecule has 7 atom stereocenters. The van der Waals surface area contributed by atoms with E-state index >= 15 is 0 Å². The molecule has 0 radical (unpaired) electrons. The Kier molecular flexibility index (Phi) is 6.72. The number of aliphatic hydroxyl groups is 2. The van der Waals surface area contributed by atoms with E-state index in [9.17, 15) is 24.6 Å². The van der Waals surface area contributed by atoms with Crippen molar-refractivity contribution in [2.45, 2.75) is 83.5 Å². The van der Waals surface area contributed by atoms with Gasteiger partial charge >= 0.3 is 17.9 Å². The Hall–Kier alpha value is -2.01. The van der Waals surface area contributed by atoms with Crippen LogP contribution >= 0.6 is 0 Å². The SMILES string of the molecule is C=C1[C@H]2O[C@@H](O)[C@@H]3[C@](COC(=O)[C@@H](OC(=O)CC(C)C)C(C)C)(O2)[C@@H](OC(C)=O)C[C@]13O. The third kappa shape index (κ3) is 4.16. The highest BCUT2D eigenvalue weighted by Gasteiger charge is 2.76. The Morgan fingerprint density at radius 3 is 2.47 bits per heavy atom. The van der Waals surface area contributed by atoms with Crippen LogP contribution in [0.15, 0.2) is 12.2 Å². The first kappa shape index (κ1) is 24.6. The summed E-state index contributed by atoms with van der Waals surface area (Å²) >= 11 is 0. The minimum atomic E-state index is -1.63. The number of rotatable bonds is 8. The molecule has 2 N–H and O–H groups in total. The van der Waals surface area contributed by atoms with Gasteiger partial charge in [-0.05, 0) is 5.92 Å². The molecule has 4 bridgehead atoms. The van der Waals surface area contributed by atoms with Crippen LogP contribution in [0.3, 0.4) is 0 Å². The highest BCUT2D eigenvalue weighted by atomic mass is 16.8. The lowest BCUT2D eigenvalue weighted by Crippen LogP contribution is -2.69. The fourth-order valence-electron chi connectivity index (χ4n) is 4.74. The second kappa shape index (κ2) is 8.74. The lowest BCUT2D eigenvalue weighted by Gasteiger charge is -2.55. The molecular formula is C22H32O10. The van der Waals surface area contributed by atoms with Crippen molar-refractivity contribution in [1.29, 1.82) is 0 Å². The van der Waals surface area contributed by atoms with E-state index in [0.717, 1.165) is 0 Å². The summed E-state index contributed by atoms with van der Waals surface area (Å²) < 4.78 is 27.5. The van der Waals surface area contributed by atoms with E-state index in [0.29, 0.717) is 0 Å². The number of hydrogen-bond donors (Lipinski definition) is 2. The van der Waals surface area contributed by atoms with E-state index in [2.05, 4.69) is 6.58 Å². The second-order valence-corrected chi connectivity index (χ2v) is 9.52. The predicted octanol–water partition coefficient (Wildman–Crippen LogP) is 0.826. The van der Waals surface area contributed by atoms with E-state index in [1.54, 1.807) is 13.8 Å². The van der Waals surface area contributed by atoms with Crippen LogP contribution < -0.4 is 0 Å². The average Bonchev–Trinajstić information content (AvgIpc) is 2.87. The number of ether oxygens (including phenoxy) is 5. The molecule has 3 saturated heterocycles. The smallest absolute Gasteiger partial charge is 0.347 e. The zero-order chi connectivity index (χ0) is 24.0. The molecule has 3 aliphatic heterocycles. The van der Waals surface area contributed by atoms with Gasteiger partial charge < -0.3 is 33.9 Å². The maximum Gasteiger partial charge on any atom is 0.347 e. The average molecular weight is 456 g/mol. The number of aliphatic hydroxyl groups excluding tert-OH is 1. The molecule has 4 rings (SSSR count). The molecule has 0 spiro atoms. The van der Waals surface area contributed by atoms with Crippen molar-refractivity contribution in [3.8, 4) is 0 Å². The second-order valence-electron chi connectivity index (χ2n) is 9.52. The number of carbonyl (C=O) groups is 3.